The Labute approximate surface area is 199 Å². The molecule has 4 rings (SSSR count). The first kappa shape index (κ1) is 22.7. The summed E-state index contributed by atoms with van der Waals surface area (Å²) >= 11 is 13.9. The molecular weight excluding hydrogens is 451 g/mol. The Morgan fingerprint density at radius 1 is 0.968 bits per heavy atom. The monoisotopic (exact) mass is 478 g/mol. The lowest BCUT2D eigenvalue weighted by molar-refractivity contribution is 0.0841. The Morgan fingerprint density at radius 2 is 1.84 bits per heavy atom. The van der Waals surface area contributed by atoms with Gasteiger partial charge in [0.05, 0.1) is 10.0 Å². The Balaban J connectivity index is 1.11. The summed E-state index contributed by atoms with van der Waals surface area (Å²) in [5.41, 5.74) is 1.19. The number of halogens is 2. The second-order valence-corrected chi connectivity index (χ2v) is 9.78. The zero-order valence-corrected chi connectivity index (χ0v) is 19.9. The van der Waals surface area contributed by atoms with Crippen molar-refractivity contribution in [3.8, 4) is 0 Å². The molecule has 4 nitrogen and oxygen atoms in total. The molecule has 31 heavy (non-hydrogen) atoms. The molecule has 0 spiro atoms. The van der Waals surface area contributed by atoms with Crippen LogP contribution in [-0.2, 0) is 9.47 Å². The number of piperazine rings is 1. The van der Waals surface area contributed by atoms with Crippen LogP contribution < -0.4 is 0 Å². The molecule has 0 unspecified atom stereocenters. The first-order chi connectivity index (χ1) is 15.2. The number of hydrogen-bond donors (Lipinski definition) is 0. The van der Waals surface area contributed by atoms with Crippen molar-refractivity contribution in [1.29, 1.82) is 0 Å². The molecule has 3 aliphatic rings. The molecule has 1 aliphatic carbocycles. The van der Waals surface area contributed by atoms with Gasteiger partial charge in [0.15, 0.2) is 12.0 Å². The van der Waals surface area contributed by atoms with E-state index in [9.17, 15) is 0 Å². The number of hydrogen-bond acceptors (Lipinski definition) is 5. The fourth-order valence-corrected chi connectivity index (χ4v) is 5.09. The van der Waals surface area contributed by atoms with Crippen molar-refractivity contribution in [2.75, 3.05) is 38.5 Å². The van der Waals surface area contributed by atoms with Crippen molar-refractivity contribution in [2.45, 2.75) is 30.6 Å². The third-order valence-corrected chi connectivity index (χ3v) is 7.44. The normalized spacial score (nSPS) is 19.3. The SMILES string of the molecule is Clc1ccc(SCCCCN2CCN(C3=COC(C4=CC=CCC4)=CO3)CC2)cc1Cl. The predicted octanol–water partition coefficient (Wildman–Crippen LogP) is 6.45. The largest absolute Gasteiger partial charge is 0.456 e. The van der Waals surface area contributed by atoms with Gasteiger partial charge in [-0.15, -0.1) is 11.8 Å². The Hall–Kier alpha value is -1.53. The van der Waals surface area contributed by atoms with Gasteiger partial charge in [-0.25, -0.2) is 0 Å². The van der Waals surface area contributed by atoms with Crippen molar-refractivity contribution in [1.82, 2.24) is 9.80 Å². The van der Waals surface area contributed by atoms with Crippen LogP contribution in [0.2, 0.25) is 10.0 Å². The number of unbranched alkanes of at least 4 members (excludes halogenated alkanes) is 1. The molecule has 0 saturated carbocycles. The van der Waals surface area contributed by atoms with E-state index in [2.05, 4.69) is 28.0 Å². The molecular formula is C24H28Cl2N2O2S. The summed E-state index contributed by atoms with van der Waals surface area (Å²) in [6, 6.07) is 5.84. The summed E-state index contributed by atoms with van der Waals surface area (Å²) in [6.45, 7) is 5.15. The molecule has 0 bridgehead atoms. The van der Waals surface area contributed by atoms with Gasteiger partial charge >= 0.3 is 0 Å². The maximum atomic E-state index is 6.08. The second-order valence-electron chi connectivity index (χ2n) is 7.79. The van der Waals surface area contributed by atoms with Crippen LogP contribution in [0.3, 0.4) is 0 Å². The quantitative estimate of drug-likeness (QED) is 0.315. The average molecular weight is 479 g/mol. The molecule has 1 aromatic carbocycles. The topological polar surface area (TPSA) is 24.9 Å². The molecule has 1 aromatic rings. The van der Waals surface area contributed by atoms with Crippen LogP contribution in [0, 0.1) is 0 Å². The Bertz CT molecular complexity index is 890. The third-order valence-electron chi connectivity index (χ3n) is 5.62. The summed E-state index contributed by atoms with van der Waals surface area (Å²) in [6.07, 6.45) is 14.3. The van der Waals surface area contributed by atoms with E-state index in [1.54, 1.807) is 12.5 Å². The molecule has 0 atom stereocenters. The smallest absolute Gasteiger partial charge is 0.231 e. The van der Waals surface area contributed by atoms with E-state index >= 15 is 0 Å². The van der Waals surface area contributed by atoms with Crippen LogP contribution in [0.4, 0.5) is 0 Å². The van der Waals surface area contributed by atoms with Gasteiger partial charge in [-0.3, -0.25) is 4.90 Å². The zero-order chi connectivity index (χ0) is 21.5. The molecule has 0 radical (unpaired) electrons. The molecule has 1 saturated heterocycles. The van der Waals surface area contributed by atoms with Gasteiger partial charge in [0.25, 0.3) is 0 Å². The number of allylic oxidation sites excluding steroid dienone is 4. The fourth-order valence-electron chi connectivity index (χ4n) is 3.78. The van der Waals surface area contributed by atoms with Gasteiger partial charge in [0.1, 0.15) is 6.26 Å². The molecule has 0 aromatic heterocycles. The van der Waals surface area contributed by atoms with E-state index in [-0.39, 0.29) is 0 Å². The minimum Gasteiger partial charge on any atom is -0.456 e. The maximum absolute atomic E-state index is 6.08. The van der Waals surface area contributed by atoms with E-state index in [1.807, 2.05) is 30.0 Å². The minimum absolute atomic E-state index is 0.613. The number of rotatable bonds is 8. The molecule has 2 heterocycles. The first-order valence-electron chi connectivity index (χ1n) is 10.8. The Kier molecular flexibility index (Phi) is 8.31. The van der Waals surface area contributed by atoms with Gasteiger partial charge in [-0.05, 0) is 61.8 Å². The highest BCUT2D eigenvalue weighted by atomic mass is 35.5. The number of benzene rings is 1. The van der Waals surface area contributed by atoms with Crippen molar-refractivity contribution < 1.29 is 9.47 Å². The van der Waals surface area contributed by atoms with Crippen LogP contribution in [0.5, 0.6) is 0 Å². The minimum atomic E-state index is 0.613. The molecule has 7 heteroatoms. The van der Waals surface area contributed by atoms with E-state index in [1.165, 1.54) is 23.3 Å². The fraction of sp³-hybridized carbons (Fsp3) is 0.417. The van der Waals surface area contributed by atoms with E-state index in [4.69, 9.17) is 32.7 Å². The highest BCUT2D eigenvalue weighted by molar-refractivity contribution is 7.99. The molecule has 1 fully saturated rings. The molecule has 0 amide bonds. The number of nitrogens with zero attached hydrogens (tertiary/aromatic N) is 2. The number of thioether (sulfide) groups is 1. The lowest BCUT2D eigenvalue weighted by Gasteiger charge is -2.36. The highest BCUT2D eigenvalue weighted by Crippen LogP contribution is 2.29. The molecule has 2 aliphatic heterocycles. The lowest BCUT2D eigenvalue weighted by Crippen LogP contribution is -2.46. The van der Waals surface area contributed by atoms with Gasteiger partial charge in [-0.1, -0.05) is 41.4 Å². The summed E-state index contributed by atoms with van der Waals surface area (Å²) in [7, 11) is 0. The van der Waals surface area contributed by atoms with Crippen LogP contribution in [-0.4, -0.2) is 48.3 Å². The van der Waals surface area contributed by atoms with Crippen molar-refractivity contribution in [2.24, 2.45) is 0 Å². The first-order valence-corrected chi connectivity index (χ1v) is 12.6. The summed E-state index contributed by atoms with van der Waals surface area (Å²) in [5, 5.41) is 1.24. The molecule has 0 N–H and O–H groups in total. The maximum Gasteiger partial charge on any atom is 0.231 e. The highest BCUT2D eigenvalue weighted by Gasteiger charge is 2.22. The van der Waals surface area contributed by atoms with Gasteiger partial charge in [0, 0.05) is 31.1 Å². The van der Waals surface area contributed by atoms with Gasteiger partial charge in [-0.2, -0.15) is 0 Å². The van der Waals surface area contributed by atoms with Crippen LogP contribution >= 0.6 is 35.0 Å². The third kappa shape index (κ3) is 6.48. The van der Waals surface area contributed by atoms with Crippen LogP contribution in [0.1, 0.15) is 25.7 Å². The van der Waals surface area contributed by atoms with E-state index in [0.29, 0.717) is 10.0 Å². The standard InChI is InChI=1S/C24H28Cl2N2O2S/c25-21-9-8-20(16-22(21)26)31-15-5-4-10-27-11-13-28(14-12-27)24-18-29-23(17-30-24)19-6-2-1-3-7-19/h1-2,6,8-9,16-18H,3-5,7,10-15H2. The van der Waals surface area contributed by atoms with Crippen LogP contribution in [0.15, 0.2) is 71.1 Å². The Morgan fingerprint density at radius 3 is 2.55 bits per heavy atom. The van der Waals surface area contributed by atoms with Gasteiger partial charge < -0.3 is 14.4 Å². The summed E-state index contributed by atoms with van der Waals surface area (Å²) in [5.74, 6) is 2.73. The van der Waals surface area contributed by atoms with E-state index in [0.717, 1.165) is 63.0 Å². The van der Waals surface area contributed by atoms with Crippen molar-refractivity contribution >= 4 is 35.0 Å². The zero-order valence-electron chi connectivity index (χ0n) is 17.6. The summed E-state index contributed by atoms with van der Waals surface area (Å²) < 4.78 is 11.7. The van der Waals surface area contributed by atoms with E-state index < -0.39 is 0 Å². The average Bonchev–Trinajstić information content (AvgIpc) is 2.82. The van der Waals surface area contributed by atoms with Crippen molar-refractivity contribution in [3.63, 3.8) is 0 Å². The summed E-state index contributed by atoms with van der Waals surface area (Å²) in [4.78, 5) is 5.98. The van der Waals surface area contributed by atoms with Crippen molar-refractivity contribution in [3.05, 3.63) is 76.2 Å². The lowest BCUT2D eigenvalue weighted by atomic mass is 10.0. The molecule has 166 valence electrons. The predicted molar refractivity (Wildman–Crippen MR) is 129 cm³/mol. The van der Waals surface area contributed by atoms with Gasteiger partial charge in [0.2, 0.25) is 5.88 Å². The second kappa shape index (κ2) is 11.4. The van der Waals surface area contributed by atoms with Crippen LogP contribution in [0.25, 0.3) is 0 Å². The number of ether oxygens (including phenoxy) is 2.